The molecule has 0 saturated heterocycles. The molecule has 0 unspecified atom stereocenters. The van der Waals surface area contributed by atoms with Gasteiger partial charge in [-0.15, -0.1) is 0 Å². The molecule has 1 aromatic heterocycles. The first-order valence-electron chi connectivity index (χ1n) is 9.73. The maximum absolute atomic E-state index is 13.1. The van der Waals surface area contributed by atoms with E-state index in [1.807, 2.05) is 85.8 Å². The predicted molar refractivity (Wildman–Crippen MR) is 115 cm³/mol. The Morgan fingerprint density at radius 3 is 2.00 bits per heavy atom. The summed E-state index contributed by atoms with van der Waals surface area (Å²) in [7, 11) is 0. The van der Waals surface area contributed by atoms with E-state index in [1.165, 1.54) is 0 Å². The van der Waals surface area contributed by atoms with Crippen LogP contribution >= 0.6 is 0 Å². The second-order valence-corrected chi connectivity index (χ2v) is 7.01. The molecule has 3 aromatic rings. The van der Waals surface area contributed by atoms with E-state index in [9.17, 15) is 9.59 Å². The maximum Gasteiger partial charge on any atom is 0.231 e. The summed E-state index contributed by atoms with van der Waals surface area (Å²) in [4.78, 5) is 31.3. The number of carbonyl (C=O) groups excluding carboxylic acids is 2. The minimum absolute atomic E-state index is 0.0348. The number of aromatic nitrogens is 1. The molecule has 1 N–H and O–H groups in total. The highest BCUT2D eigenvalue weighted by Gasteiger charge is 2.21. The fourth-order valence-electron chi connectivity index (χ4n) is 3.13. The molecular weight excluding hydrogens is 362 g/mol. The highest BCUT2D eigenvalue weighted by atomic mass is 16.2. The van der Waals surface area contributed by atoms with Crippen LogP contribution < -0.4 is 10.2 Å². The van der Waals surface area contributed by atoms with Gasteiger partial charge < -0.3 is 5.32 Å². The van der Waals surface area contributed by atoms with Crippen molar-refractivity contribution in [2.24, 2.45) is 5.92 Å². The largest absolute Gasteiger partial charge is 0.350 e. The number of hydrogen-bond donors (Lipinski definition) is 1. The van der Waals surface area contributed by atoms with E-state index in [0.717, 1.165) is 17.1 Å². The van der Waals surface area contributed by atoms with Gasteiger partial charge in [0.25, 0.3) is 0 Å². The zero-order chi connectivity index (χ0) is 20.5. The van der Waals surface area contributed by atoms with Crippen LogP contribution in [0.3, 0.4) is 0 Å². The normalized spacial score (nSPS) is 11.5. The lowest BCUT2D eigenvalue weighted by Crippen LogP contribution is -2.30. The lowest BCUT2D eigenvalue weighted by atomic mass is 10.0. The van der Waals surface area contributed by atoms with Crippen molar-refractivity contribution in [1.29, 1.82) is 0 Å². The van der Waals surface area contributed by atoms with Gasteiger partial charge in [-0.05, 0) is 42.3 Å². The molecule has 0 bridgehead atoms. The van der Waals surface area contributed by atoms with E-state index >= 15 is 0 Å². The van der Waals surface area contributed by atoms with Crippen molar-refractivity contribution in [3.8, 4) is 0 Å². The molecule has 0 aliphatic carbocycles. The molecule has 0 fully saturated rings. The van der Waals surface area contributed by atoms with Crippen molar-refractivity contribution in [1.82, 2.24) is 10.3 Å². The minimum Gasteiger partial charge on any atom is -0.350 e. The second kappa shape index (κ2) is 10.2. The van der Waals surface area contributed by atoms with E-state index in [2.05, 4.69) is 10.3 Å². The van der Waals surface area contributed by atoms with Crippen LogP contribution in [0.5, 0.6) is 0 Å². The first-order valence-corrected chi connectivity index (χ1v) is 9.73. The Hall–Kier alpha value is -3.47. The Morgan fingerprint density at radius 2 is 1.45 bits per heavy atom. The molecule has 0 saturated carbocycles. The Bertz CT molecular complexity index is 875. The lowest BCUT2D eigenvalue weighted by molar-refractivity contribution is -0.122. The monoisotopic (exact) mass is 387 g/mol. The van der Waals surface area contributed by atoms with E-state index < -0.39 is 0 Å². The van der Waals surface area contributed by atoms with Crippen LogP contribution in [0, 0.1) is 5.92 Å². The number of carbonyl (C=O) groups is 2. The van der Waals surface area contributed by atoms with Crippen LogP contribution in [0.4, 0.5) is 11.4 Å². The standard InChI is InChI=1S/C24H25N3O2/c1-19(16-23(28)26-18-20-10-8-9-15-25-20)17-24(29)27(21-11-4-2-5-12-21)22-13-6-3-7-14-22/h2-15,19H,16-18H2,1H3,(H,26,28)/t19-/m1/s1. The van der Waals surface area contributed by atoms with Gasteiger partial charge >= 0.3 is 0 Å². The zero-order valence-corrected chi connectivity index (χ0v) is 16.5. The third-order valence-electron chi connectivity index (χ3n) is 4.53. The molecule has 2 amide bonds. The number of pyridine rings is 1. The van der Waals surface area contributed by atoms with Crippen molar-refractivity contribution < 1.29 is 9.59 Å². The smallest absolute Gasteiger partial charge is 0.231 e. The third-order valence-corrected chi connectivity index (χ3v) is 4.53. The topological polar surface area (TPSA) is 62.3 Å². The molecule has 2 aromatic carbocycles. The quantitative estimate of drug-likeness (QED) is 0.620. The molecule has 0 aliphatic heterocycles. The molecule has 1 heterocycles. The summed E-state index contributed by atoms with van der Waals surface area (Å²) in [6, 6.07) is 24.7. The molecule has 5 heteroatoms. The summed E-state index contributed by atoms with van der Waals surface area (Å²) in [6.07, 6.45) is 2.27. The SMILES string of the molecule is C[C@H](CC(=O)NCc1ccccn1)CC(=O)N(c1ccccc1)c1ccccc1. The molecule has 29 heavy (non-hydrogen) atoms. The number of rotatable bonds is 8. The summed E-state index contributed by atoms with van der Waals surface area (Å²) in [6.45, 7) is 2.31. The van der Waals surface area contributed by atoms with Crippen LogP contribution in [-0.2, 0) is 16.1 Å². The summed E-state index contributed by atoms with van der Waals surface area (Å²) >= 11 is 0. The molecule has 5 nitrogen and oxygen atoms in total. The zero-order valence-electron chi connectivity index (χ0n) is 16.5. The summed E-state index contributed by atoms with van der Waals surface area (Å²) in [5.74, 6) is -0.199. The molecular formula is C24H25N3O2. The van der Waals surface area contributed by atoms with Crippen LogP contribution in [0.1, 0.15) is 25.5 Å². The number of nitrogens with zero attached hydrogens (tertiary/aromatic N) is 2. The van der Waals surface area contributed by atoms with E-state index in [1.54, 1.807) is 11.1 Å². The van der Waals surface area contributed by atoms with Crippen molar-refractivity contribution >= 4 is 23.2 Å². The van der Waals surface area contributed by atoms with Gasteiger partial charge in [-0.2, -0.15) is 0 Å². The van der Waals surface area contributed by atoms with Crippen molar-refractivity contribution in [3.63, 3.8) is 0 Å². The van der Waals surface area contributed by atoms with Gasteiger partial charge in [0.2, 0.25) is 11.8 Å². The van der Waals surface area contributed by atoms with E-state index in [4.69, 9.17) is 0 Å². The van der Waals surface area contributed by atoms with Gasteiger partial charge in [0.1, 0.15) is 0 Å². The van der Waals surface area contributed by atoms with Crippen LogP contribution in [0.15, 0.2) is 85.1 Å². The molecule has 0 spiro atoms. The molecule has 148 valence electrons. The highest BCUT2D eigenvalue weighted by Crippen LogP contribution is 2.27. The number of hydrogen-bond acceptors (Lipinski definition) is 3. The average molecular weight is 387 g/mol. The van der Waals surface area contributed by atoms with Crippen molar-refractivity contribution in [3.05, 3.63) is 90.8 Å². The van der Waals surface area contributed by atoms with Crippen molar-refractivity contribution in [2.45, 2.75) is 26.3 Å². The fourth-order valence-corrected chi connectivity index (χ4v) is 3.13. The van der Waals surface area contributed by atoms with Gasteiger partial charge in [0.15, 0.2) is 0 Å². The van der Waals surface area contributed by atoms with E-state index in [-0.39, 0.29) is 30.6 Å². The number of nitrogens with one attached hydrogen (secondary N) is 1. The molecule has 0 aliphatic rings. The first kappa shape index (κ1) is 20.3. The van der Waals surface area contributed by atoms with Gasteiger partial charge in [-0.1, -0.05) is 49.4 Å². The third kappa shape index (κ3) is 6.01. The summed E-state index contributed by atoms with van der Waals surface area (Å²) in [5.41, 5.74) is 2.44. The lowest BCUT2D eigenvalue weighted by Gasteiger charge is -2.24. The van der Waals surface area contributed by atoms with Crippen molar-refractivity contribution in [2.75, 3.05) is 4.90 Å². The Labute approximate surface area is 171 Å². The van der Waals surface area contributed by atoms with Gasteiger partial charge in [0.05, 0.1) is 12.2 Å². The van der Waals surface area contributed by atoms with Crippen LogP contribution in [0.2, 0.25) is 0 Å². The second-order valence-electron chi connectivity index (χ2n) is 7.01. The van der Waals surface area contributed by atoms with Crippen LogP contribution in [0.25, 0.3) is 0 Å². The molecule has 3 rings (SSSR count). The first-order chi connectivity index (χ1) is 14.1. The number of benzene rings is 2. The number of para-hydroxylation sites is 2. The summed E-state index contributed by atoms with van der Waals surface area (Å²) < 4.78 is 0. The number of amides is 2. The summed E-state index contributed by atoms with van der Waals surface area (Å²) in [5, 5.41) is 2.87. The predicted octanol–water partition coefficient (Wildman–Crippen LogP) is 4.48. The Balaban J connectivity index is 1.61. The maximum atomic E-state index is 13.1. The van der Waals surface area contributed by atoms with Gasteiger partial charge in [0, 0.05) is 30.4 Å². The fraction of sp³-hybridized carbons (Fsp3) is 0.208. The molecule has 0 radical (unpaired) electrons. The Morgan fingerprint density at radius 1 is 0.862 bits per heavy atom. The average Bonchev–Trinajstić information content (AvgIpc) is 2.74. The van der Waals surface area contributed by atoms with Crippen LogP contribution in [-0.4, -0.2) is 16.8 Å². The number of anilines is 2. The highest BCUT2D eigenvalue weighted by molar-refractivity contribution is 6.00. The Kier molecular flexibility index (Phi) is 7.11. The van der Waals surface area contributed by atoms with E-state index in [0.29, 0.717) is 6.54 Å². The van der Waals surface area contributed by atoms with Gasteiger partial charge in [-0.25, -0.2) is 0 Å². The minimum atomic E-state index is -0.0823. The molecule has 1 atom stereocenters. The van der Waals surface area contributed by atoms with Gasteiger partial charge in [-0.3, -0.25) is 19.5 Å².